The van der Waals surface area contributed by atoms with Crippen LogP contribution < -0.4 is 10.2 Å². The first-order valence-electron chi connectivity index (χ1n) is 12.5. The molecule has 2 heterocycles. The number of halogens is 3. The van der Waals surface area contributed by atoms with Gasteiger partial charge in [-0.2, -0.15) is 0 Å². The molecule has 0 bridgehead atoms. The lowest BCUT2D eigenvalue weighted by atomic mass is 9.61. The molecule has 8 heteroatoms. The summed E-state index contributed by atoms with van der Waals surface area (Å²) >= 11 is 18.6. The molecule has 1 aromatic heterocycles. The van der Waals surface area contributed by atoms with Crippen LogP contribution in [0.4, 0.5) is 5.95 Å². The van der Waals surface area contributed by atoms with E-state index in [0.717, 1.165) is 55.6 Å². The fourth-order valence-electron chi connectivity index (χ4n) is 5.32. The number of hydrogen-bond acceptors (Lipinski definition) is 4. The van der Waals surface area contributed by atoms with Gasteiger partial charge >= 0.3 is 0 Å². The van der Waals surface area contributed by atoms with Crippen LogP contribution in [0.3, 0.4) is 0 Å². The minimum absolute atomic E-state index is 0.213. The molecule has 1 saturated carbocycles. The molecule has 1 amide bonds. The van der Waals surface area contributed by atoms with E-state index in [1.54, 1.807) is 18.3 Å². The van der Waals surface area contributed by atoms with Crippen LogP contribution in [0.15, 0.2) is 48.7 Å². The van der Waals surface area contributed by atoms with E-state index in [1.165, 1.54) is 6.42 Å². The Labute approximate surface area is 227 Å². The summed E-state index contributed by atoms with van der Waals surface area (Å²) in [5, 5.41) is 4.79. The molecular formula is C28H29Cl3N4O. The van der Waals surface area contributed by atoms with Crippen molar-refractivity contribution in [3.8, 4) is 0 Å². The molecule has 188 valence electrons. The zero-order valence-corrected chi connectivity index (χ0v) is 22.5. The fourth-order valence-corrected chi connectivity index (χ4v) is 5.93. The molecular weight excluding hydrogens is 515 g/mol. The van der Waals surface area contributed by atoms with Crippen molar-refractivity contribution in [2.45, 2.75) is 51.0 Å². The topological polar surface area (TPSA) is 58.1 Å². The molecule has 1 unspecified atom stereocenters. The van der Waals surface area contributed by atoms with Gasteiger partial charge in [0.15, 0.2) is 0 Å². The number of piperidine rings is 1. The lowest BCUT2D eigenvalue weighted by Crippen LogP contribution is -2.41. The summed E-state index contributed by atoms with van der Waals surface area (Å²) in [5.74, 6) is 1.08. The molecule has 1 aliphatic carbocycles. The molecule has 2 aliphatic rings. The van der Waals surface area contributed by atoms with Crippen LogP contribution in [-0.4, -0.2) is 29.0 Å². The van der Waals surface area contributed by atoms with Crippen LogP contribution in [0.1, 0.15) is 66.2 Å². The highest BCUT2D eigenvalue weighted by molar-refractivity contribution is 6.35. The van der Waals surface area contributed by atoms with E-state index < -0.39 is 0 Å². The Hall–Kier alpha value is -2.34. The number of aromatic nitrogens is 2. The van der Waals surface area contributed by atoms with Crippen LogP contribution in [-0.2, 0) is 12.0 Å². The number of benzene rings is 2. The third kappa shape index (κ3) is 5.06. The summed E-state index contributed by atoms with van der Waals surface area (Å²) in [4.78, 5) is 25.6. The van der Waals surface area contributed by atoms with Crippen molar-refractivity contribution in [2.24, 2.45) is 5.92 Å². The third-order valence-corrected chi connectivity index (χ3v) is 8.31. The van der Waals surface area contributed by atoms with E-state index >= 15 is 0 Å². The van der Waals surface area contributed by atoms with Crippen LogP contribution in [0, 0.1) is 5.92 Å². The van der Waals surface area contributed by atoms with Gasteiger partial charge < -0.3 is 10.2 Å². The van der Waals surface area contributed by atoms with Gasteiger partial charge in [-0.25, -0.2) is 9.97 Å². The summed E-state index contributed by atoms with van der Waals surface area (Å²) in [6.45, 7) is 4.40. The first kappa shape index (κ1) is 25.3. The Balaban J connectivity index is 1.51. The molecule has 1 saturated heterocycles. The number of amides is 1. The van der Waals surface area contributed by atoms with Crippen LogP contribution >= 0.6 is 34.8 Å². The molecule has 1 aliphatic heterocycles. The third-order valence-electron chi connectivity index (χ3n) is 7.47. The van der Waals surface area contributed by atoms with Crippen molar-refractivity contribution in [1.82, 2.24) is 15.3 Å². The van der Waals surface area contributed by atoms with Crippen molar-refractivity contribution in [3.63, 3.8) is 0 Å². The Kier molecular flexibility index (Phi) is 7.43. The second kappa shape index (κ2) is 10.6. The van der Waals surface area contributed by atoms with E-state index in [-0.39, 0.29) is 17.9 Å². The van der Waals surface area contributed by atoms with E-state index in [2.05, 4.69) is 34.3 Å². The second-order valence-corrected chi connectivity index (χ2v) is 11.3. The van der Waals surface area contributed by atoms with Gasteiger partial charge in [0.05, 0.1) is 11.3 Å². The molecule has 5 nitrogen and oxygen atoms in total. The van der Waals surface area contributed by atoms with E-state index in [4.69, 9.17) is 39.8 Å². The van der Waals surface area contributed by atoms with Crippen LogP contribution in [0.2, 0.25) is 15.1 Å². The quantitative estimate of drug-likeness (QED) is 0.361. The van der Waals surface area contributed by atoms with Gasteiger partial charge in [-0.1, -0.05) is 66.3 Å². The molecule has 0 spiro atoms. The minimum atomic E-state index is -0.339. The number of carbonyl (C=O) groups is 1. The van der Waals surface area contributed by atoms with Gasteiger partial charge in [0.25, 0.3) is 5.91 Å². The number of rotatable bonds is 6. The van der Waals surface area contributed by atoms with Gasteiger partial charge in [-0.05, 0) is 67.0 Å². The van der Waals surface area contributed by atoms with Gasteiger partial charge in [0, 0.05) is 46.3 Å². The molecule has 1 atom stereocenters. The first-order valence-corrected chi connectivity index (χ1v) is 13.6. The first-order chi connectivity index (χ1) is 17.4. The van der Waals surface area contributed by atoms with Gasteiger partial charge in [-0.3, -0.25) is 4.79 Å². The van der Waals surface area contributed by atoms with Gasteiger partial charge in [0.2, 0.25) is 5.95 Å². The van der Waals surface area contributed by atoms with Crippen molar-refractivity contribution < 1.29 is 4.79 Å². The van der Waals surface area contributed by atoms with Crippen LogP contribution in [0.25, 0.3) is 0 Å². The Morgan fingerprint density at radius 3 is 2.50 bits per heavy atom. The highest BCUT2D eigenvalue weighted by Crippen LogP contribution is 2.49. The largest absolute Gasteiger partial charge is 0.348 e. The molecule has 36 heavy (non-hydrogen) atoms. The lowest BCUT2D eigenvalue weighted by molar-refractivity contribution is 0.0946. The minimum Gasteiger partial charge on any atom is -0.348 e. The standard InChI is InChI=1S/C28H29Cl3N4O/c1-18-4-2-13-35(17-18)27-33-16-23(26(36)32-15-19-5-8-22(30)14-24(19)31)25(34-27)28(11-3-12-28)20-6-9-21(29)10-7-20/h5-10,14,16,18H,2-4,11-13,15,17H2,1H3,(H,32,36). The predicted molar refractivity (Wildman–Crippen MR) is 146 cm³/mol. The summed E-state index contributed by atoms with van der Waals surface area (Å²) in [6.07, 6.45) is 6.95. The Morgan fingerprint density at radius 1 is 1.08 bits per heavy atom. The number of nitrogens with zero attached hydrogens (tertiary/aromatic N) is 3. The summed E-state index contributed by atoms with van der Waals surface area (Å²) in [6, 6.07) is 13.2. The molecule has 2 aromatic carbocycles. The number of hydrogen-bond donors (Lipinski definition) is 1. The molecule has 2 fully saturated rings. The van der Waals surface area contributed by atoms with Crippen molar-refractivity contribution in [3.05, 3.63) is 86.1 Å². The number of anilines is 1. The van der Waals surface area contributed by atoms with Crippen molar-refractivity contribution >= 4 is 46.7 Å². The predicted octanol–water partition coefficient (Wildman–Crippen LogP) is 7.07. The van der Waals surface area contributed by atoms with E-state index in [9.17, 15) is 4.79 Å². The lowest BCUT2D eigenvalue weighted by Gasteiger charge is -2.43. The Morgan fingerprint density at radius 2 is 1.83 bits per heavy atom. The normalized spacial score (nSPS) is 19.0. The highest BCUT2D eigenvalue weighted by Gasteiger charge is 2.44. The fraction of sp³-hybridized carbons (Fsp3) is 0.393. The maximum absolute atomic E-state index is 13.5. The van der Waals surface area contributed by atoms with Crippen molar-refractivity contribution in [2.75, 3.05) is 18.0 Å². The zero-order chi connectivity index (χ0) is 25.3. The molecule has 5 rings (SSSR count). The Bertz CT molecular complexity index is 1260. The smallest absolute Gasteiger partial charge is 0.255 e. The van der Waals surface area contributed by atoms with Crippen LogP contribution in [0.5, 0.6) is 0 Å². The van der Waals surface area contributed by atoms with Crippen molar-refractivity contribution in [1.29, 1.82) is 0 Å². The monoisotopic (exact) mass is 542 g/mol. The summed E-state index contributed by atoms with van der Waals surface area (Å²) in [5.41, 5.74) is 2.88. The maximum Gasteiger partial charge on any atom is 0.255 e. The number of nitrogens with one attached hydrogen (secondary N) is 1. The molecule has 0 radical (unpaired) electrons. The van der Waals surface area contributed by atoms with E-state index in [0.29, 0.717) is 32.5 Å². The molecule has 1 N–H and O–H groups in total. The maximum atomic E-state index is 13.5. The zero-order valence-electron chi connectivity index (χ0n) is 20.2. The van der Waals surface area contributed by atoms with E-state index in [1.807, 2.05) is 18.2 Å². The number of carbonyl (C=O) groups excluding carboxylic acids is 1. The second-order valence-electron chi connectivity index (χ2n) is 9.99. The summed E-state index contributed by atoms with van der Waals surface area (Å²) in [7, 11) is 0. The highest BCUT2D eigenvalue weighted by atomic mass is 35.5. The SMILES string of the molecule is CC1CCCN(c2ncc(C(=O)NCc3ccc(Cl)cc3Cl)c(C3(c4ccc(Cl)cc4)CCC3)n2)C1. The average Bonchev–Trinajstić information content (AvgIpc) is 2.84. The summed E-state index contributed by atoms with van der Waals surface area (Å²) < 4.78 is 0. The average molecular weight is 544 g/mol. The van der Waals surface area contributed by atoms with Gasteiger partial charge in [-0.15, -0.1) is 0 Å². The molecule has 3 aromatic rings. The van der Waals surface area contributed by atoms with Gasteiger partial charge in [0.1, 0.15) is 0 Å².